The Morgan fingerprint density at radius 1 is 1.35 bits per heavy atom. The molecule has 2 aromatic rings. The molecule has 0 spiro atoms. The Balaban J connectivity index is 2.84. The van der Waals surface area contributed by atoms with Crippen molar-refractivity contribution in [3.8, 4) is 0 Å². The number of ketones is 1. The Morgan fingerprint density at radius 2 is 2.06 bits per heavy atom. The van der Waals surface area contributed by atoms with Crippen LogP contribution >= 0.6 is 0 Å². The lowest BCUT2D eigenvalue weighted by Gasteiger charge is -2.08. The van der Waals surface area contributed by atoms with Crippen LogP contribution in [0, 0.1) is 0 Å². The van der Waals surface area contributed by atoms with Crippen LogP contribution in [-0.4, -0.2) is 20.7 Å². The largest absolute Gasteiger partial charge is 0.293 e. The van der Waals surface area contributed by atoms with E-state index in [1.165, 1.54) is 6.92 Å². The summed E-state index contributed by atoms with van der Waals surface area (Å²) in [7, 11) is -1.18. The molecule has 4 heteroatoms. The molecule has 1 unspecified atom stereocenters. The zero-order chi connectivity index (χ0) is 12.4. The second-order valence-corrected chi connectivity index (χ2v) is 5.39. The quantitative estimate of drug-likeness (QED) is 0.783. The molecule has 1 atom stereocenters. The average Bonchev–Trinajstić information content (AvgIpc) is 2.36. The Morgan fingerprint density at radius 3 is 2.71 bits per heavy atom. The van der Waals surface area contributed by atoms with Gasteiger partial charge in [-0.1, -0.05) is 31.2 Å². The fourth-order valence-corrected chi connectivity index (χ4v) is 2.89. The topological polar surface area (TPSA) is 47.0 Å². The van der Waals surface area contributed by atoms with Crippen molar-refractivity contribution in [1.82, 2.24) is 4.98 Å². The average molecular weight is 247 g/mol. The van der Waals surface area contributed by atoms with E-state index in [1.807, 2.05) is 31.2 Å². The Hall–Kier alpha value is -1.55. The van der Waals surface area contributed by atoms with Crippen molar-refractivity contribution in [3.63, 3.8) is 0 Å². The van der Waals surface area contributed by atoms with Crippen LogP contribution in [0.15, 0.2) is 35.4 Å². The van der Waals surface area contributed by atoms with E-state index in [0.717, 1.165) is 10.8 Å². The molecule has 2 rings (SSSR count). The third-order valence-electron chi connectivity index (χ3n) is 2.58. The minimum absolute atomic E-state index is 0.146. The molecule has 0 saturated carbocycles. The molecule has 0 bridgehead atoms. The highest BCUT2D eigenvalue weighted by Crippen LogP contribution is 2.24. The van der Waals surface area contributed by atoms with Crippen molar-refractivity contribution >= 4 is 27.4 Å². The van der Waals surface area contributed by atoms with Crippen molar-refractivity contribution in [2.24, 2.45) is 0 Å². The van der Waals surface area contributed by atoms with Gasteiger partial charge in [-0.2, -0.15) is 0 Å². The molecule has 1 aromatic carbocycles. The van der Waals surface area contributed by atoms with Crippen LogP contribution < -0.4 is 0 Å². The highest BCUT2D eigenvalue weighted by Gasteiger charge is 2.16. The molecule has 0 amide bonds. The van der Waals surface area contributed by atoms with E-state index in [1.54, 1.807) is 6.20 Å². The molecule has 0 radical (unpaired) electrons. The molecule has 88 valence electrons. The van der Waals surface area contributed by atoms with Crippen molar-refractivity contribution in [1.29, 1.82) is 0 Å². The van der Waals surface area contributed by atoms with Gasteiger partial charge in [0.25, 0.3) is 0 Å². The van der Waals surface area contributed by atoms with Gasteiger partial charge in [0, 0.05) is 29.6 Å². The highest BCUT2D eigenvalue weighted by atomic mass is 32.2. The summed E-state index contributed by atoms with van der Waals surface area (Å²) < 4.78 is 12.1. The summed E-state index contributed by atoms with van der Waals surface area (Å²) >= 11 is 0. The third kappa shape index (κ3) is 2.13. The molecular formula is C13H13NO2S. The van der Waals surface area contributed by atoms with Gasteiger partial charge in [0.05, 0.1) is 15.7 Å². The summed E-state index contributed by atoms with van der Waals surface area (Å²) in [4.78, 5) is 16.2. The van der Waals surface area contributed by atoms with E-state index in [0.29, 0.717) is 16.3 Å². The smallest absolute Gasteiger partial charge is 0.179 e. The number of fused-ring (bicyclic) bond motifs is 1. The van der Waals surface area contributed by atoms with Crippen LogP contribution in [0.25, 0.3) is 10.8 Å². The van der Waals surface area contributed by atoms with Gasteiger partial charge in [-0.05, 0) is 0 Å². The van der Waals surface area contributed by atoms with Gasteiger partial charge >= 0.3 is 0 Å². The van der Waals surface area contributed by atoms with E-state index in [2.05, 4.69) is 4.98 Å². The van der Waals surface area contributed by atoms with E-state index >= 15 is 0 Å². The summed E-state index contributed by atoms with van der Waals surface area (Å²) in [5.74, 6) is 0.336. The Labute approximate surface area is 102 Å². The van der Waals surface area contributed by atoms with Gasteiger partial charge < -0.3 is 0 Å². The zero-order valence-electron chi connectivity index (χ0n) is 9.77. The molecule has 0 saturated heterocycles. The first-order valence-electron chi connectivity index (χ1n) is 5.42. The van der Waals surface area contributed by atoms with Crippen molar-refractivity contribution in [3.05, 3.63) is 36.2 Å². The first-order chi connectivity index (χ1) is 8.15. The van der Waals surface area contributed by atoms with Crippen molar-refractivity contribution < 1.29 is 9.00 Å². The maximum Gasteiger partial charge on any atom is 0.179 e. The number of carbonyl (C=O) groups is 1. The standard InChI is InChI=1S/C13H13NO2S/c1-3-17(16)13-11-7-5-4-6-10(11)8-14-12(13)9(2)15/h4-8H,3H2,1-2H3. The Kier molecular flexibility index (Phi) is 3.33. The van der Waals surface area contributed by atoms with Crippen LogP contribution in [0.1, 0.15) is 24.3 Å². The minimum atomic E-state index is -1.18. The maximum atomic E-state index is 12.1. The Bertz CT molecular complexity index is 607. The first kappa shape index (κ1) is 11.9. The molecule has 0 aliphatic carbocycles. The van der Waals surface area contributed by atoms with E-state index in [4.69, 9.17) is 0 Å². The first-order valence-corrected chi connectivity index (χ1v) is 6.74. The monoisotopic (exact) mass is 247 g/mol. The summed E-state index contributed by atoms with van der Waals surface area (Å²) in [6.07, 6.45) is 1.66. The number of Topliss-reactive ketones (excluding diaryl/α,β-unsaturated/α-hetero) is 1. The summed E-state index contributed by atoms with van der Waals surface area (Å²) in [5.41, 5.74) is 0.323. The molecular weight excluding hydrogens is 234 g/mol. The molecule has 0 N–H and O–H groups in total. The van der Waals surface area contributed by atoms with Crippen LogP contribution in [0.5, 0.6) is 0 Å². The molecule has 0 aliphatic rings. The number of aromatic nitrogens is 1. The molecule has 0 fully saturated rings. The number of hydrogen-bond donors (Lipinski definition) is 0. The van der Waals surface area contributed by atoms with E-state index in [9.17, 15) is 9.00 Å². The molecule has 1 aromatic heterocycles. The minimum Gasteiger partial charge on any atom is -0.293 e. The lowest BCUT2D eigenvalue weighted by Crippen LogP contribution is -2.07. The lowest BCUT2D eigenvalue weighted by atomic mass is 10.1. The van der Waals surface area contributed by atoms with Gasteiger partial charge in [-0.25, -0.2) is 0 Å². The van der Waals surface area contributed by atoms with Gasteiger partial charge in [0.2, 0.25) is 0 Å². The second kappa shape index (κ2) is 4.75. The summed E-state index contributed by atoms with van der Waals surface area (Å²) in [6.45, 7) is 3.29. The van der Waals surface area contributed by atoms with Crippen molar-refractivity contribution in [2.45, 2.75) is 18.7 Å². The van der Waals surface area contributed by atoms with E-state index < -0.39 is 10.8 Å². The maximum absolute atomic E-state index is 12.1. The number of hydrogen-bond acceptors (Lipinski definition) is 3. The van der Waals surface area contributed by atoms with Crippen LogP contribution in [0.4, 0.5) is 0 Å². The summed E-state index contributed by atoms with van der Waals surface area (Å²) in [6, 6.07) is 7.56. The predicted octanol–water partition coefficient (Wildman–Crippen LogP) is 2.56. The van der Waals surface area contributed by atoms with Crippen LogP contribution in [0.3, 0.4) is 0 Å². The van der Waals surface area contributed by atoms with Crippen LogP contribution in [0.2, 0.25) is 0 Å². The van der Waals surface area contributed by atoms with Gasteiger partial charge in [0.1, 0.15) is 5.69 Å². The number of rotatable bonds is 3. The second-order valence-electron chi connectivity index (χ2n) is 3.71. The normalized spacial score (nSPS) is 12.6. The molecule has 0 aliphatic heterocycles. The molecule has 1 heterocycles. The SMILES string of the molecule is CCS(=O)c1c(C(C)=O)ncc2ccccc12. The fourth-order valence-electron chi connectivity index (χ4n) is 1.76. The van der Waals surface area contributed by atoms with E-state index in [-0.39, 0.29) is 5.78 Å². The number of pyridine rings is 1. The summed E-state index contributed by atoms with van der Waals surface area (Å²) in [5, 5.41) is 1.77. The predicted molar refractivity (Wildman–Crippen MR) is 68.7 cm³/mol. The number of nitrogens with zero attached hydrogens (tertiary/aromatic N) is 1. The molecule has 17 heavy (non-hydrogen) atoms. The number of benzene rings is 1. The van der Waals surface area contributed by atoms with Crippen molar-refractivity contribution in [2.75, 3.05) is 5.75 Å². The lowest BCUT2D eigenvalue weighted by molar-refractivity contribution is 0.101. The third-order valence-corrected chi connectivity index (χ3v) is 3.97. The van der Waals surface area contributed by atoms with Crippen LogP contribution in [-0.2, 0) is 10.8 Å². The van der Waals surface area contributed by atoms with Gasteiger partial charge in [-0.3, -0.25) is 14.0 Å². The molecule has 3 nitrogen and oxygen atoms in total. The zero-order valence-corrected chi connectivity index (χ0v) is 10.6. The highest BCUT2D eigenvalue weighted by molar-refractivity contribution is 7.85. The number of carbonyl (C=O) groups excluding carboxylic acids is 1. The van der Waals surface area contributed by atoms with Gasteiger partial charge in [0.15, 0.2) is 5.78 Å². The fraction of sp³-hybridized carbons (Fsp3) is 0.231. The van der Waals surface area contributed by atoms with Gasteiger partial charge in [-0.15, -0.1) is 0 Å².